The number of rotatable bonds is 8. The van der Waals surface area contributed by atoms with Gasteiger partial charge < -0.3 is 10.1 Å². The molecule has 27 heavy (non-hydrogen) atoms. The molecule has 0 radical (unpaired) electrons. The Kier molecular flexibility index (Phi) is 7.68. The fourth-order valence-electron chi connectivity index (χ4n) is 3.04. The van der Waals surface area contributed by atoms with Crippen LogP contribution < -0.4 is 5.32 Å². The molecule has 1 unspecified atom stereocenters. The molecule has 1 N–H and O–H groups in total. The maximum atomic E-state index is 13.7. The molecular formula is C21H25FN2O2S. The zero-order valence-electron chi connectivity index (χ0n) is 15.3. The van der Waals surface area contributed by atoms with Gasteiger partial charge in [-0.15, -0.1) is 11.8 Å². The summed E-state index contributed by atoms with van der Waals surface area (Å²) in [6.45, 7) is 3.98. The first-order valence-corrected chi connectivity index (χ1v) is 10.2. The van der Waals surface area contributed by atoms with E-state index in [1.165, 1.54) is 17.8 Å². The highest BCUT2D eigenvalue weighted by Crippen LogP contribution is 2.22. The Balaban J connectivity index is 1.54. The largest absolute Gasteiger partial charge is 0.379 e. The monoisotopic (exact) mass is 388 g/mol. The average molecular weight is 389 g/mol. The standard InChI is InChI=1S/C21H25FN2O2S/c22-18-8-4-5-9-20(18)27-15-10-21(25)23-19(17-6-2-1-3-7-17)16-24-11-13-26-14-12-24/h1-9,19H,10-16H2,(H,23,25). The molecule has 1 amide bonds. The van der Waals surface area contributed by atoms with Gasteiger partial charge in [0.2, 0.25) is 5.91 Å². The van der Waals surface area contributed by atoms with E-state index in [0.29, 0.717) is 17.1 Å². The minimum atomic E-state index is -0.239. The number of nitrogens with zero attached hydrogens (tertiary/aromatic N) is 1. The molecule has 2 aromatic carbocycles. The van der Waals surface area contributed by atoms with Gasteiger partial charge in [0.15, 0.2) is 0 Å². The van der Waals surface area contributed by atoms with Crippen LogP contribution in [0.4, 0.5) is 4.39 Å². The summed E-state index contributed by atoms with van der Waals surface area (Å²) in [6.07, 6.45) is 0.353. The topological polar surface area (TPSA) is 41.6 Å². The Labute approximate surface area is 164 Å². The summed E-state index contributed by atoms with van der Waals surface area (Å²) in [7, 11) is 0. The van der Waals surface area contributed by atoms with Crippen LogP contribution in [0, 0.1) is 5.82 Å². The number of carbonyl (C=O) groups excluding carboxylic acids is 1. The summed E-state index contributed by atoms with van der Waals surface area (Å²) in [5.74, 6) is 0.296. The van der Waals surface area contributed by atoms with Gasteiger partial charge in [-0.3, -0.25) is 9.69 Å². The molecular weight excluding hydrogens is 363 g/mol. The lowest BCUT2D eigenvalue weighted by Gasteiger charge is -2.31. The fraction of sp³-hybridized carbons (Fsp3) is 0.381. The number of hydrogen-bond donors (Lipinski definition) is 1. The van der Waals surface area contributed by atoms with Gasteiger partial charge in [-0.05, 0) is 17.7 Å². The summed E-state index contributed by atoms with van der Waals surface area (Å²) < 4.78 is 19.1. The van der Waals surface area contributed by atoms with Crippen LogP contribution >= 0.6 is 11.8 Å². The van der Waals surface area contributed by atoms with Gasteiger partial charge in [-0.25, -0.2) is 4.39 Å². The second-order valence-electron chi connectivity index (χ2n) is 6.47. The first-order chi connectivity index (χ1) is 13.2. The lowest BCUT2D eigenvalue weighted by Crippen LogP contribution is -2.43. The molecule has 1 saturated heterocycles. The number of carbonyl (C=O) groups is 1. The van der Waals surface area contributed by atoms with Gasteiger partial charge in [0.05, 0.1) is 19.3 Å². The minimum absolute atomic E-state index is 0.0130. The maximum absolute atomic E-state index is 13.7. The molecule has 4 nitrogen and oxygen atoms in total. The number of nitrogens with one attached hydrogen (secondary N) is 1. The average Bonchev–Trinajstić information content (AvgIpc) is 2.70. The zero-order valence-corrected chi connectivity index (χ0v) is 16.1. The Bertz CT molecular complexity index is 723. The van der Waals surface area contributed by atoms with Crippen LogP contribution in [0.25, 0.3) is 0 Å². The highest BCUT2D eigenvalue weighted by atomic mass is 32.2. The minimum Gasteiger partial charge on any atom is -0.379 e. The number of benzene rings is 2. The summed E-state index contributed by atoms with van der Waals surface area (Å²) in [6, 6.07) is 16.6. The highest BCUT2D eigenvalue weighted by Gasteiger charge is 2.20. The second-order valence-corrected chi connectivity index (χ2v) is 7.61. The van der Waals surface area contributed by atoms with E-state index in [-0.39, 0.29) is 17.8 Å². The molecule has 3 rings (SSSR count). The van der Waals surface area contributed by atoms with E-state index in [9.17, 15) is 9.18 Å². The molecule has 1 fully saturated rings. The van der Waals surface area contributed by atoms with Crippen LogP contribution in [0.3, 0.4) is 0 Å². The summed E-state index contributed by atoms with van der Waals surface area (Å²) in [5.41, 5.74) is 1.10. The predicted octanol–water partition coefficient (Wildman–Crippen LogP) is 3.50. The maximum Gasteiger partial charge on any atom is 0.221 e. The van der Waals surface area contributed by atoms with Crippen LogP contribution in [0.15, 0.2) is 59.5 Å². The van der Waals surface area contributed by atoms with Gasteiger partial charge in [0.1, 0.15) is 5.82 Å². The quantitative estimate of drug-likeness (QED) is 0.703. The van der Waals surface area contributed by atoms with E-state index in [2.05, 4.69) is 10.2 Å². The number of amides is 1. The van der Waals surface area contributed by atoms with Crippen molar-refractivity contribution in [2.45, 2.75) is 17.4 Å². The Morgan fingerprint density at radius 2 is 1.81 bits per heavy atom. The molecule has 6 heteroatoms. The number of thioether (sulfide) groups is 1. The molecule has 1 aliphatic heterocycles. The lowest BCUT2D eigenvalue weighted by molar-refractivity contribution is -0.121. The zero-order chi connectivity index (χ0) is 18.9. The summed E-state index contributed by atoms with van der Waals surface area (Å²) >= 11 is 1.37. The molecule has 1 atom stereocenters. The summed E-state index contributed by atoms with van der Waals surface area (Å²) in [4.78, 5) is 15.4. The SMILES string of the molecule is O=C(CCSc1ccccc1F)NC(CN1CCOCC1)c1ccccc1. The molecule has 2 aromatic rings. The van der Waals surface area contributed by atoms with E-state index in [1.807, 2.05) is 30.3 Å². The van der Waals surface area contributed by atoms with Crippen LogP contribution in [0.5, 0.6) is 0 Å². The van der Waals surface area contributed by atoms with E-state index < -0.39 is 0 Å². The lowest BCUT2D eigenvalue weighted by atomic mass is 10.1. The van der Waals surface area contributed by atoms with Crippen LogP contribution in [0.2, 0.25) is 0 Å². The van der Waals surface area contributed by atoms with Crippen LogP contribution in [-0.2, 0) is 9.53 Å². The van der Waals surface area contributed by atoms with E-state index in [1.54, 1.807) is 18.2 Å². The van der Waals surface area contributed by atoms with Crippen molar-refractivity contribution in [2.24, 2.45) is 0 Å². The first kappa shape index (κ1) is 19.9. The Morgan fingerprint density at radius 3 is 2.56 bits per heavy atom. The van der Waals surface area contributed by atoms with Crippen molar-refractivity contribution in [3.8, 4) is 0 Å². The van der Waals surface area contributed by atoms with E-state index >= 15 is 0 Å². The molecule has 0 spiro atoms. The normalized spacial score (nSPS) is 16.0. The van der Waals surface area contributed by atoms with Crippen molar-refractivity contribution < 1.29 is 13.9 Å². The van der Waals surface area contributed by atoms with Crippen molar-refractivity contribution in [1.82, 2.24) is 10.2 Å². The smallest absolute Gasteiger partial charge is 0.221 e. The van der Waals surface area contributed by atoms with Gasteiger partial charge in [-0.2, -0.15) is 0 Å². The third-order valence-electron chi connectivity index (χ3n) is 4.50. The Morgan fingerprint density at radius 1 is 1.11 bits per heavy atom. The molecule has 0 saturated carbocycles. The summed E-state index contributed by atoms with van der Waals surface area (Å²) in [5, 5.41) is 3.15. The molecule has 0 bridgehead atoms. The molecule has 0 aromatic heterocycles. The van der Waals surface area contributed by atoms with Gasteiger partial charge in [-0.1, -0.05) is 42.5 Å². The van der Waals surface area contributed by atoms with Gasteiger partial charge in [0, 0.05) is 36.7 Å². The third kappa shape index (κ3) is 6.34. The number of halogens is 1. The molecule has 144 valence electrons. The van der Waals surface area contributed by atoms with Crippen molar-refractivity contribution in [3.63, 3.8) is 0 Å². The van der Waals surface area contributed by atoms with Crippen molar-refractivity contribution >= 4 is 17.7 Å². The van der Waals surface area contributed by atoms with E-state index in [0.717, 1.165) is 38.4 Å². The Hall–Kier alpha value is -1.89. The molecule has 1 heterocycles. The van der Waals surface area contributed by atoms with Gasteiger partial charge in [0.25, 0.3) is 0 Å². The highest BCUT2D eigenvalue weighted by molar-refractivity contribution is 7.99. The van der Waals surface area contributed by atoms with Crippen LogP contribution in [-0.4, -0.2) is 49.4 Å². The van der Waals surface area contributed by atoms with Crippen LogP contribution in [0.1, 0.15) is 18.0 Å². The molecule has 0 aliphatic carbocycles. The number of morpholine rings is 1. The number of hydrogen-bond acceptors (Lipinski definition) is 4. The number of ether oxygens (including phenoxy) is 1. The predicted molar refractivity (Wildman–Crippen MR) is 106 cm³/mol. The first-order valence-electron chi connectivity index (χ1n) is 9.24. The molecule has 1 aliphatic rings. The van der Waals surface area contributed by atoms with E-state index in [4.69, 9.17) is 4.74 Å². The second kappa shape index (κ2) is 10.4. The van der Waals surface area contributed by atoms with Crippen molar-refractivity contribution in [2.75, 3.05) is 38.6 Å². The van der Waals surface area contributed by atoms with Crippen molar-refractivity contribution in [3.05, 3.63) is 66.0 Å². The van der Waals surface area contributed by atoms with Gasteiger partial charge >= 0.3 is 0 Å². The van der Waals surface area contributed by atoms with Crippen molar-refractivity contribution in [1.29, 1.82) is 0 Å². The third-order valence-corrected chi connectivity index (χ3v) is 5.56. The fourth-order valence-corrected chi connectivity index (χ4v) is 3.93.